The quantitative estimate of drug-likeness (QED) is 0.795. The molecule has 1 fully saturated rings. The number of nitriles is 1. The zero-order chi connectivity index (χ0) is 12.1. The van der Waals surface area contributed by atoms with Crippen LogP contribution in [0.1, 0.15) is 25.3 Å². The Morgan fingerprint density at radius 3 is 2.76 bits per heavy atom. The Bertz CT molecular complexity index is 380. The SMILES string of the molecule is CC[C@@H]1CN(Cc2ccccc2)CC[C@H]1C#N. The van der Waals surface area contributed by atoms with E-state index >= 15 is 0 Å². The van der Waals surface area contributed by atoms with Crippen molar-refractivity contribution in [3.8, 4) is 6.07 Å². The molecule has 0 saturated carbocycles. The van der Waals surface area contributed by atoms with Gasteiger partial charge in [0.25, 0.3) is 0 Å². The monoisotopic (exact) mass is 228 g/mol. The molecule has 0 unspecified atom stereocenters. The van der Waals surface area contributed by atoms with Crippen LogP contribution in [0.2, 0.25) is 0 Å². The zero-order valence-corrected chi connectivity index (χ0v) is 10.5. The van der Waals surface area contributed by atoms with E-state index in [4.69, 9.17) is 5.26 Å². The van der Waals surface area contributed by atoms with Crippen molar-refractivity contribution in [1.82, 2.24) is 4.90 Å². The maximum Gasteiger partial charge on any atom is 0.0659 e. The maximum absolute atomic E-state index is 9.10. The first-order valence-corrected chi connectivity index (χ1v) is 6.49. The van der Waals surface area contributed by atoms with E-state index in [0.717, 1.165) is 32.5 Å². The maximum atomic E-state index is 9.10. The van der Waals surface area contributed by atoms with Crippen LogP contribution in [0.25, 0.3) is 0 Å². The molecular weight excluding hydrogens is 208 g/mol. The standard InChI is InChI=1S/C15H20N2/c1-2-14-12-17(9-8-15(14)10-16)11-13-6-4-3-5-7-13/h3-7,14-15H,2,8-9,11-12H2,1H3/t14-,15+/m1/s1. The van der Waals surface area contributed by atoms with Crippen LogP contribution in [-0.2, 0) is 6.54 Å². The van der Waals surface area contributed by atoms with Gasteiger partial charge in [0, 0.05) is 13.1 Å². The normalized spacial score (nSPS) is 25.4. The number of rotatable bonds is 3. The number of hydrogen-bond acceptors (Lipinski definition) is 2. The number of nitrogens with zero attached hydrogens (tertiary/aromatic N) is 2. The molecular formula is C15H20N2. The summed E-state index contributed by atoms with van der Waals surface area (Å²) in [4.78, 5) is 2.48. The average Bonchev–Trinajstić information content (AvgIpc) is 2.40. The van der Waals surface area contributed by atoms with Gasteiger partial charge in [0.05, 0.1) is 12.0 Å². The summed E-state index contributed by atoms with van der Waals surface area (Å²) in [5.41, 5.74) is 1.37. The van der Waals surface area contributed by atoms with Gasteiger partial charge in [-0.25, -0.2) is 0 Å². The van der Waals surface area contributed by atoms with Crippen molar-refractivity contribution >= 4 is 0 Å². The Hall–Kier alpha value is -1.33. The van der Waals surface area contributed by atoms with Crippen molar-refractivity contribution in [3.05, 3.63) is 35.9 Å². The van der Waals surface area contributed by atoms with Gasteiger partial charge in [-0.1, -0.05) is 43.7 Å². The summed E-state index contributed by atoms with van der Waals surface area (Å²) < 4.78 is 0. The summed E-state index contributed by atoms with van der Waals surface area (Å²) in [6.07, 6.45) is 2.14. The Morgan fingerprint density at radius 2 is 2.12 bits per heavy atom. The summed E-state index contributed by atoms with van der Waals surface area (Å²) in [7, 11) is 0. The summed E-state index contributed by atoms with van der Waals surface area (Å²) in [5, 5.41) is 9.10. The van der Waals surface area contributed by atoms with Gasteiger partial charge in [0.15, 0.2) is 0 Å². The molecule has 1 aliphatic heterocycles. The van der Waals surface area contributed by atoms with E-state index in [1.165, 1.54) is 5.56 Å². The Labute approximate surface area is 104 Å². The fourth-order valence-electron chi connectivity index (χ4n) is 2.68. The topological polar surface area (TPSA) is 27.0 Å². The number of benzene rings is 1. The Kier molecular flexibility index (Phi) is 4.17. The van der Waals surface area contributed by atoms with Gasteiger partial charge in [-0.05, 0) is 24.4 Å². The molecule has 0 amide bonds. The van der Waals surface area contributed by atoms with Crippen molar-refractivity contribution in [2.75, 3.05) is 13.1 Å². The van der Waals surface area contributed by atoms with Crippen molar-refractivity contribution in [2.24, 2.45) is 11.8 Å². The first kappa shape index (κ1) is 12.1. The van der Waals surface area contributed by atoms with Crippen LogP contribution >= 0.6 is 0 Å². The summed E-state index contributed by atoms with van der Waals surface area (Å²) in [6, 6.07) is 13.1. The van der Waals surface area contributed by atoms with Crippen molar-refractivity contribution in [1.29, 1.82) is 5.26 Å². The lowest BCUT2D eigenvalue weighted by Crippen LogP contribution is -2.39. The van der Waals surface area contributed by atoms with Crippen LogP contribution in [0.3, 0.4) is 0 Å². The summed E-state index contributed by atoms with van der Waals surface area (Å²) in [5.74, 6) is 0.824. The molecule has 1 heterocycles. The minimum atomic E-state index is 0.270. The summed E-state index contributed by atoms with van der Waals surface area (Å²) in [6.45, 7) is 5.35. The number of hydrogen-bond donors (Lipinski definition) is 0. The molecule has 0 N–H and O–H groups in total. The van der Waals surface area contributed by atoms with E-state index < -0.39 is 0 Å². The Morgan fingerprint density at radius 1 is 1.35 bits per heavy atom. The highest BCUT2D eigenvalue weighted by Gasteiger charge is 2.27. The fraction of sp³-hybridized carbons (Fsp3) is 0.533. The third-order valence-electron chi connectivity index (χ3n) is 3.76. The molecule has 0 aliphatic carbocycles. The van der Waals surface area contributed by atoms with Crippen LogP contribution in [0.4, 0.5) is 0 Å². The summed E-state index contributed by atoms with van der Waals surface area (Å²) >= 11 is 0. The van der Waals surface area contributed by atoms with Gasteiger partial charge in [-0.3, -0.25) is 4.90 Å². The molecule has 1 aromatic rings. The zero-order valence-electron chi connectivity index (χ0n) is 10.5. The minimum Gasteiger partial charge on any atom is -0.299 e. The average molecular weight is 228 g/mol. The van der Waals surface area contributed by atoms with Gasteiger partial charge >= 0.3 is 0 Å². The number of likely N-dealkylation sites (tertiary alicyclic amines) is 1. The van der Waals surface area contributed by atoms with Gasteiger partial charge < -0.3 is 0 Å². The van der Waals surface area contributed by atoms with Crippen molar-refractivity contribution in [3.63, 3.8) is 0 Å². The fourth-order valence-corrected chi connectivity index (χ4v) is 2.68. The minimum absolute atomic E-state index is 0.270. The second-order valence-corrected chi connectivity index (χ2v) is 4.91. The highest BCUT2D eigenvalue weighted by molar-refractivity contribution is 5.14. The molecule has 2 rings (SSSR count). The van der Waals surface area contributed by atoms with Gasteiger partial charge in [-0.15, -0.1) is 0 Å². The van der Waals surface area contributed by atoms with E-state index in [9.17, 15) is 0 Å². The molecule has 0 radical (unpaired) electrons. The van der Waals surface area contributed by atoms with E-state index in [0.29, 0.717) is 5.92 Å². The highest BCUT2D eigenvalue weighted by Crippen LogP contribution is 2.26. The molecule has 2 heteroatoms. The van der Waals surface area contributed by atoms with E-state index in [-0.39, 0.29) is 5.92 Å². The van der Waals surface area contributed by atoms with Crippen LogP contribution in [0.5, 0.6) is 0 Å². The highest BCUT2D eigenvalue weighted by atomic mass is 15.1. The van der Waals surface area contributed by atoms with Gasteiger partial charge in [-0.2, -0.15) is 5.26 Å². The molecule has 0 spiro atoms. The lowest BCUT2D eigenvalue weighted by Gasteiger charge is -2.35. The predicted octanol–water partition coefficient (Wildman–Crippen LogP) is 3.06. The predicted molar refractivity (Wildman–Crippen MR) is 69.2 cm³/mol. The van der Waals surface area contributed by atoms with Crippen molar-refractivity contribution < 1.29 is 0 Å². The molecule has 0 aromatic heterocycles. The molecule has 90 valence electrons. The smallest absolute Gasteiger partial charge is 0.0659 e. The first-order valence-electron chi connectivity index (χ1n) is 6.49. The van der Waals surface area contributed by atoms with Crippen molar-refractivity contribution in [2.45, 2.75) is 26.3 Å². The van der Waals surface area contributed by atoms with Crippen LogP contribution < -0.4 is 0 Å². The Balaban J connectivity index is 1.94. The molecule has 2 atom stereocenters. The van der Waals surface area contributed by atoms with E-state index in [1.54, 1.807) is 0 Å². The largest absolute Gasteiger partial charge is 0.299 e. The third-order valence-corrected chi connectivity index (χ3v) is 3.76. The van der Waals surface area contributed by atoms with Crippen LogP contribution in [0, 0.1) is 23.2 Å². The lowest BCUT2D eigenvalue weighted by atomic mass is 9.85. The van der Waals surface area contributed by atoms with E-state index in [1.807, 2.05) is 0 Å². The third kappa shape index (κ3) is 3.08. The van der Waals surface area contributed by atoms with Crippen LogP contribution in [0.15, 0.2) is 30.3 Å². The molecule has 1 aromatic carbocycles. The second-order valence-electron chi connectivity index (χ2n) is 4.91. The van der Waals surface area contributed by atoms with Gasteiger partial charge in [0.1, 0.15) is 0 Å². The first-order chi connectivity index (χ1) is 8.33. The second kappa shape index (κ2) is 5.84. The molecule has 17 heavy (non-hydrogen) atoms. The number of piperidine rings is 1. The molecule has 2 nitrogen and oxygen atoms in total. The van der Waals surface area contributed by atoms with E-state index in [2.05, 4.69) is 48.2 Å². The lowest BCUT2D eigenvalue weighted by molar-refractivity contribution is 0.135. The molecule has 0 bridgehead atoms. The van der Waals surface area contributed by atoms with Crippen LogP contribution in [-0.4, -0.2) is 18.0 Å². The van der Waals surface area contributed by atoms with Gasteiger partial charge in [0.2, 0.25) is 0 Å². The molecule has 1 aliphatic rings. The molecule has 1 saturated heterocycles.